The van der Waals surface area contributed by atoms with Gasteiger partial charge in [-0.3, -0.25) is 0 Å². The first kappa shape index (κ1) is 26.5. The van der Waals surface area contributed by atoms with Gasteiger partial charge in [0.2, 0.25) is 5.89 Å². The fourth-order valence-corrected chi connectivity index (χ4v) is 6.73. The molecule has 0 radical (unpaired) electrons. The number of benzene rings is 7. The van der Waals surface area contributed by atoms with E-state index in [0.717, 1.165) is 71.3 Å². The van der Waals surface area contributed by atoms with E-state index >= 15 is 0 Å². The standard InChI is InChI=1S/C42H24N4O2/c1-2-13-27(14-3-1)39-44-40(30-18-8-15-25-11-4-6-16-28(25)30)46-41(45-39)33-21-9-19-31-36-32(20-10-22-35(36)47-37(31)33)42-43-34-24-23-26-12-5-7-17-29(26)38(34)48-42/h1-24H. The molecule has 0 saturated carbocycles. The highest BCUT2D eigenvalue weighted by Crippen LogP contribution is 2.41. The number of para-hydroxylation sites is 1. The van der Waals surface area contributed by atoms with E-state index in [1.165, 1.54) is 0 Å². The lowest BCUT2D eigenvalue weighted by atomic mass is 10.0. The van der Waals surface area contributed by atoms with Crippen LogP contribution < -0.4 is 0 Å². The number of nitrogens with zero attached hydrogens (tertiary/aromatic N) is 4. The van der Waals surface area contributed by atoms with Gasteiger partial charge in [0.15, 0.2) is 23.1 Å². The summed E-state index contributed by atoms with van der Waals surface area (Å²) < 4.78 is 13.1. The second-order valence-electron chi connectivity index (χ2n) is 11.8. The summed E-state index contributed by atoms with van der Waals surface area (Å²) in [5, 5.41) is 6.20. The molecule has 48 heavy (non-hydrogen) atoms. The highest BCUT2D eigenvalue weighted by molar-refractivity contribution is 6.15. The summed E-state index contributed by atoms with van der Waals surface area (Å²) in [5.74, 6) is 2.27. The van der Waals surface area contributed by atoms with Crippen LogP contribution in [0.4, 0.5) is 0 Å². The minimum Gasteiger partial charge on any atom is -0.455 e. The normalized spacial score (nSPS) is 11.8. The van der Waals surface area contributed by atoms with Crippen molar-refractivity contribution in [3.05, 3.63) is 146 Å². The number of rotatable bonds is 4. The Bertz CT molecular complexity index is 2850. The van der Waals surface area contributed by atoms with E-state index in [0.29, 0.717) is 28.9 Å². The lowest BCUT2D eigenvalue weighted by Gasteiger charge is -2.10. The van der Waals surface area contributed by atoms with Gasteiger partial charge in [-0.05, 0) is 40.4 Å². The van der Waals surface area contributed by atoms with Gasteiger partial charge in [0.1, 0.15) is 16.7 Å². The van der Waals surface area contributed by atoms with Crippen LogP contribution in [-0.4, -0.2) is 19.9 Å². The molecule has 0 aliphatic rings. The van der Waals surface area contributed by atoms with Crippen molar-refractivity contribution in [3.63, 3.8) is 0 Å². The summed E-state index contributed by atoms with van der Waals surface area (Å²) in [6, 6.07) is 48.9. The molecule has 224 valence electrons. The number of furan rings is 1. The first-order valence-electron chi connectivity index (χ1n) is 15.8. The van der Waals surface area contributed by atoms with E-state index in [9.17, 15) is 0 Å². The molecular weight excluding hydrogens is 592 g/mol. The van der Waals surface area contributed by atoms with E-state index < -0.39 is 0 Å². The van der Waals surface area contributed by atoms with Crippen molar-refractivity contribution in [2.45, 2.75) is 0 Å². The third-order valence-electron chi connectivity index (χ3n) is 8.97. The Balaban J connectivity index is 1.20. The molecule has 0 aliphatic carbocycles. The lowest BCUT2D eigenvalue weighted by Crippen LogP contribution is -2.00. The maximum atomic E-state index is 6.64. The Labute approximate surface area is 274 Å². The Morgan fingerprint density at radius 1 is 0.375 bits per heavy atom. The zero-order chi connectivity index (χ0) is 31.6. The van der Waals surface area contributed by atoms with Gasteiger partial charge in [0.25, 0.3) is 0 Å². The molecule has 0 saturated heterocycles. The summed E-state index contributed by atoms with van der Waals surface area (Å²) in [5.41, 5.74) is 6.49. The average Bonchev–Trinajstić information content (AvgIpc) is 3.77. The van der Waals surface area contributed by atoms with Gasteiger partial charge in [-0.1, -0.05) is 121 Å². The Kier molecular flexibility index (Phi) is 5.77. The summed E-state index contributed by atoms with van der Waals surface area (Å²) in [4.78, 5) is 20.0. The van der Waals surface area contributed by atoms with E-state index in [4.69, 9.17) is 28.8 Å². The SMILES string of the molecule is c1ccc(-c2nc(-c3cccc4ccccc34)nc(-c3cccc4c3oc3cccc(-c5nc6ccc7ccccc7c6o5)c34)n2)cc1. The predicted octanol–water partition coefficient (Wildman–Crippen LogP) is 10.9. The summed E-state index contributed by atoms with van der Waals surface area (Å²) >= 11 is 0. The van der Waals surface area contributed by atoms with Crippen LogP contribution in [0.15, 0.2) is 154 Å². The Hall–Kier alpha value is -6.66. The van der Waals surface area contributed by atoms with Crippen molar-refractivity contribution in [1.29, 1.82) is 0 Å². The van der Waals surface area contributed by atoms with Gasteiger partial charge in [0.05, 0.1) is 5.56 Å². The molecule has 0 fully saturated rings. The topological polar surface area (TPSA) is 77.8 Å². The van der Waals surface area contributed by atoms with Gasteiger partial charge in [-0.25, -0.2) is 19.9 Å². The quantitative estimate of drug-likeness (QED) is 0.196. The Morgan fingerprint density at radius 2 is 1.00 bits per heavy atom. The first-order chi connectivity index (χ1) is 23.8. The maximum Gasteiger partial charge on any atom is 0.228 e. The van der Waals surface area contributed by atoms with E-state index in [-0.39, 0.29) is 0 Å². The van der Waals surface area contributed by atoms with Crippen LogP contribution >= 0.6 is 0 Å². The number of aromatic nitrogens is 4. The van der Waals surface area contributed by atoms with Crippen LogP contribution in [0.25, 0.3) is 100 Å². The summed E-state index contributed by atoms with van der Waals surface area (Å²) in [7, 11) is 0. The van der Waals surface area contributed by atoms with Gasteiger partial charge in [0, 0.05) is 32.8 Å². The third-order valence-corrected chi connectivity index (χ3v) is 8.97. The average molecular weight is 617 g/mol. The van der Waals surface area contributed by atoms with Crippen LogP contribution in [0.5, 0.6) is 0 Å². The number of oxazole rings is 1. The summed E-state index contributed by atoms with van der Waals surface area (Å²) in [6.45, 7) is 0. The highest BCUT2D eigenvalue weighted by Gasteiger charge is 2.22. The monoisotopic (exact) mass is 616 g/mol. The van der Waals surface area contributed by atoms with Crippen LogP contribution in [0.3, 0.4) is 0 Å². The largest absolute Gasteiger partial charge is 0.455 e. The molecule has 0 atom stereocenters. The Morgan fingerprint density at radius 3 is 1.88 bits per heavy atom. The second-order valence-corrected chi connectivity index (χ2v) is 11.8. The van der Waals surface area contributed by atoms with Crippen LogP contribution in [0, 0.1) is 0 Å². The second kappa shape index (κ2) is 10.4. The molecule has 10 rings (SSSR count). The van der Waals surface area contributed by atoms with Crippen molar-refractivity contribution >= 4 is 54.6 Å². The molecule has 3 heterocycles. The molecule has 0 amide bonds. The fraction of sp³-hybridized carbons (Fsp3) is 0. The molecule has 0 bridgehead atoms. The van der Waals surface area contributed by atoms with Crippen molar-refractivity contribution in [2.75, 3.05) is 0 Å². The van der Waals surface area contributed by atoms with Crippen LogP contribution in [0.2, 0.25) is 0 Å². The molecule has 0 aliphatic heterocycles. The van der Waals surface area contributed by atoms with Gasteiger partial charge < -0.3 is 8.83 Å². The van der Waals surface area contributed by atoms with E-state index in [1.54, 1.807) is 0 Å². The van der Waals surface area contributed by atoms with Gasteiger partial charge >= 0.3 is 0 Å². The number of hydrogen-bond acceptors (Lipinski definition) is 6. The van der Waals surface area contributed by atoms with Crippen molar-refractivity contribution < 1.29 is 8.83 Å². The number of hydrogen-bond donors (Lipinski definition) is 0. The molecule has 6 heteroatoms. The van der Waals surface area contributed by atoms with Crippen LogP contribution in [-0.2, 0) is 0 Å². The maximum absolute atomic E-state index is 6.64. The molecule has 3 aromatic heterocycles. The molecular formula is C42H24N4O2. The molecule has 10 aromatic rings. The molecule has 0 N–H and O–H groups in total. The minimum absolute atomic E-state index is 0.534. The van der Waals surface area contributed by atoms with Crippen molar-refractivity contribution in [1.82, 2.24) is 19.9 Å². The van der Waals surface area contributed by atoms with Gasteiger partial charge in [-0.2, -0.15) is 0 Å². The minimum atomic E-state index is 0.534. The summed E-state index contributed by atoms with van der Waals surface area (Å²) in [6.07, 6.45) is 0. The third kappa shape index (κ3) is 4.13. The molecule has 6 nitrogen and oxygen atoms in total. The van der Waals surface area contributed by atoms with Crippen LogP contribution in [0.1, 0.15) is 0 Å². The zero-order valence-electron chi connectivity index (χ0n) is 25.5. The zero-order valence-corrected chi connectivity index (χ0v) is 25.5. The molecule has 7 aromatic carbocycles. The molecule has 0 spiro atoms. The fourth-order valence-electron chi connectivity index (χ4n) is 6.73. The van der Waals surface area contributed by atoms with E-state index in [1.807, 2.05) is 97.1 Å². The van der Waals surface area contributed by atoms with Gasteiger partial charge in [-0.15, -0.1) is 0 Å². The smallest absolute Gasteiger partial charge is 0.228 e. The van der Waals surface area contributed by atoms with Crippen molar-refractivity contribution in [3.8, 4) is 45.6 Å². The lowest BCUT2D eigenvalue weighted by molar-refractivity contribution is 0.623. The predicted molar refractivity (Wildman–Crippen MR) is 191 cm³/mol. The van der Waals surface area contributed by atoms with Crippen molar-refractivity contribution in [2.24, 2.45) is 0 Å². The molecule has 0 unspecified atom stereocenters. The first-order valence-corrected chi connectivity index (χ1v) is 15.8. The number of fused-ring (bicyclic) bond motifs is 7. The highest BCUT2D eigenvalue weighted by atomic mass is 16.3. The van der Waals surface area contributed by atoms with E-state index in [2.05, 4.69) is 48.5 Å².